The van der Waals surface area contributed by atoms with Crippen molar-refractivity contribution in [1.29, 1.82) is 0 Å². The van der Waals surface area contributed by atoms with E-state index in [0.29, 0.717) is 6.42 Å². The second-order valence-corrected chi connectivity index (χ2v) is 7.88. The van der Waals surface area contributed by atoms with Crippen molar-refractivity contribution < 1.29 is 13.2 Å². The Bertz CT molecular complexity index is 768. The molecule has 1 atom stereocenters. The Balaban J connectivity index is 1.98. The van der Waals surface area contributed by atoms with E-state index < -0.39 is 21.5 Å². The highest BCUT2D eigenvalue weighted by molar-refractivity contribution is 7.92. The van der Waals surface area contributed by atoms with Gasteiger partial charge in [0.1, 0.15) is 5.75 Å². The summed E-state index contributed by atoms with van der Waals surface area (Å²) in [5.74, 6) is -0.888. The first-order valence-corrected chi connectivity index (χ1v) is 9.19. The maximum absolute atomic E-state index is 11.7. The van der Waals surface area contributed by atoms with Gasteiger partial charge in [0.2, 0.25) is 5.91 Å². The predicted molar refractivity (Wildman–Crippen MR) is 89.6 cm³/mol. The van der Waals surface area contributed by atoms with E-state index in [9.17, 15) is 13.2 Å². The zero-order valence-corrected chi connectivity index (χ0v) is 13.7. The molecule has 118 valence electrons. The largest absolute Gasteiger partial charge is 0.352 e. The van der Waals surface area contributed by atoms with Crippen molar-refractivity contribution in [1.82, 2.24) is 5.32 Å². The number of carbonyl (C=O) groups is 1. The first-order chi connectivity index (χ1) is 10.4. The highest BCUT2D eigenvalue weighted by Gasteiger charge is 2.16. The molecule has 0 aliphatic heterocycles. The number of rotatable bonds is 6. The van der Waals surface area contributed by atoms with Gasteiger partial charge in [0, 0.05) is 11.8 Å². The van der Waals surface area contributed by atoms with Gasteiger partial charge in [-0.05, 0) is 29.7 Å². The molecule has 1 N–H and O–H groups in total. The molecule has 0 bridgehead atoms. The summed E-state index contributed by atoms with van der Waals surface area (Å²) in [6.07, 6.45) is 0.669. The molecule has 22 heavy (non-hydrogen) atoms. The van der Waals surface area contributed by atoms with Crippen molar-refractivity contribution in [3.05, 3.63) is 48.0 Å². The first-order valence-electron chi connectivity index (χ1n) is 7.37. The van der Waals surface area contributed by atoms with E-state index in [4.69, 9.17) is 0 Å². The Labute approximate surface area is 131 Å². The van der Waals surface area contributed by atoms with Crippen molar-refractivity contribution in [3.63, 3.8) is 0 Å². The fourth-order valence-corrected chi connectivity index (χ4v) is 3.08. The van der Waals surface area contributed by atoms with Crippen LogP contribution in [0.25, 0.3) is 10.8 Å². The Hall–Kier alpha value is -1.88. The topological polar surface area (TPSA) is 63.2 Å². The first kappa shape index (κ1) is 16.5. The molecule has 0 radical (unpaired) electrons. The third-order valence-electron chi connectivity index (χ3n) is 3.55. The molecule has 0 unspecified atom stereocenters. The highest BCUT2D eigenvalue weighted by Crippen LogP contribution is 2.16. The van der Waals surface area contributed by atoms with Crippen LogP contribution in [0.1, 0.15) is 19.4 Å². The van der Waals surface area contributed by atoms with Gasteiger partial charge in [0.15, 0.2) is 9.84 Å². The van der Waals surface area contributed by atoms with Crippen LogP contribution in [-0.2, 0) is 21.1 Å². The number of fused-ring (bicyclic) bond motifs is 1. The Morgan fingerprint density at radius 2 is 1.82 bits per heavy atom. The summed E-state index contributed by atoms with van der Waals surface area (Å²) >= 11 is 0. The molecule has 0 aromatic heterocycles. The van der Waals surface area contributed by atoms with Gasteiger partial charge in [-0.15, -0.1) is 0 Å². The third-order valence-corrected chi connectivity index (χ3v) is 5.14. The molecule has 0 fully saturated rings. The zero-order valence-electron chi connectivity index (χ0n) is 12.9. The molecule has 4 nitrogen and oxygen atoms in total. The molecular formula is C17H21NO3S. The molecule has 0 aliphatic carbocycles. The fraction of sp³-hybridized carbons (Fsp3) is 0.353. The maximum Gasteiger partial charge on any atom is 0.235 e. The molecule has 1 amide bonds. The number of nitrogens with one attached hydrogen (secondary N) is 1. The minimum absolute atomic E-state index is 0.0144. The molecule has 2 rings (SSSR count). The van der Waals surface area contributed by atoms with Gasteiger partial charge in [-0.3, -0.25) is 4.79 Å². The van der Waals surface area contributed by atoms with Gasteiger partial charge in [-0.25, -0.2) is 8.42 Å². The summed E-state index contributed by atoms with van der Waals surface area (Å²) in [5.41, 5.74) is 1.12. The second-order valence-electron chi connectivity index (χ2n) is 5.53. The number of hydrogen-bond acceptors (Lipinski definition) is 3. The van der Waals surface area contributed by atoms with Crippen LogP contribution in [0.2, 0.25) is 0 Å². The van der Waals surface area contributed by atoms with Gasteiger partial charge in [0.05, 0.1) is 0 Å². The summed E-state index contributed by atoms with van der Waals surface area (Å²) in [4.78, 5) is 11.7. The molecule has 0 saturated heterocycles. The zero-order chi connectivity index (χ0) is 16.2. The van der Waals surface area contributed by atoms with Gasteiger partial charge in [-0.2, -0.15) is 0 Å². The van der Waals surface area contributed by atoms with Crippen LogP contribution in [0.4, 0.5) is 0 Å². The van der Waals surface area contributed by atoms with E-state index in [1.165, 1.54) is 5.39 Å². The van der Waals surface area contributed by atoms with E-state index in [1.54, 1.807) is 6.92 Å². The van der Waals surface area contributed by atoms with Gasteiger partial charge in [0.25, 0.3) is 0 Å². The molecule has 0 spiro atoms. The van der Waals surface area contributed by atoms with E-state index in [-0.39, 0.29) is 11.8 Å². The molecule has 0 aliphatic rings. The number of amides is 1. The monoisotopic (exact) mass is 319 g/mol. The standard InChI is InChI=1S/C17H21NO3S/c1-3-22(20,21)12-17(19)18-13(2)10-14-8-9-15-6-4-5-7-16(15)11-14/h4-9,11,13H,3,10,12H2,1-2H3,(H,18,19)/t13-/m1/s1. The molecule has 0 heterocycles. The third kappa shape index (κ3) is 4.56. The lowest BCUT2D eigenvalue weighted by Crippen LogP contribution is -2.38. The normalized spacial score (nSPS) is 13.0. The smallest absolute Gasteiger partial charge is 0.235 e. The van der Waals surface area contributed by atoms with E-state index in [2.05, 4.69) is 29.6 Å². The van der Waals surface area contributed by atoms with Crippen LogP contribution in [0.15, 0.2) is 42.5 Å². The average molecular weight is 319 g/mol. The van der Waals surface area contributed by atoms with E-state index in [0.717, 1.165) is 10.9 Å². The Morgan fingerprint density at radius 1 is 1.14 bits per heavy atom. The van der Waals surface area contributed by atoms with Crippen molar-refractivity contribution in [2.45, 2.75) is 26.3 Å². The van der Waals surface area contributed by atoms with E-state index in [1.807, 2.05) is 25.1 Å². The van der Waals surface area contributed by atoms with Crippen molar-refractivity contribution in [2.24, 2.45) is 0 Å². The van der Waals surface area contributed by atoms with Crippen molar-refractivity contribution in [2.75, 3.05) is 11.5 Å². The number of benzene rings is 2. The quantitative estimate of drug-likeness (QED) is 0.889. The van der Waals surface area contributed by atoms with Crippen LogP contribution in [-0.4, -0.2) is 31.9 Å². The van der Waals surface area contributed by atoms with Crippen LogP contribution >= 0.6 is 0 Å². The average Bonchev–Trinajstić information content (AvgIpc) is 2.46. The minimum Gasteiger partial charge on any atom is -0.352 e. The highest BCUT2D eigenvalue weighted by atomic mass is 32.2. The van der Waals surface area contributed by atoms with Crippen LogP contribution < -0.4 is 5.32 Å². The summed E-state index contributed by atoms with van der Waals surface area (Å²) < 4.78 is 22.9. The summed E-state index contributed by atoms with van der Waals surface area (Å²) in [6, 6.07) is 14.2. The lowest BCUT2D eigenvalue weighted by Gasteiger charge is -2.14. The van der Waals surface area contributed by atoms with E-state index >= 15 is 0 Å². The SMILES string of the molecule is CCS(=O)(=O)CC(=O)N[C@H](C)Cc1ccc2ccccc2c1. The lowest BCUT2D eigenvalue weighted by molar-refractivity contribution is -0.119. The molecule has 0 saturated carbocycles. The Morgan fingerprint density at radius 3 is 2.50 bits per heavy atom. The number of sulfone groups is 1. The summed E-state index contributed by atoms with van der Waals surface area (Å²) in [6.45, 7) is 3.42. The predicted octanol–water partition coefficient (Wildman–Crippen LogP) is 2.32. The molecule has 2 aromatic rings. The molecule has 2 aromatic carbocycles. The summed E-state index contributed by atoms with van der Waals surface area (Å²) in [5, 5.41) is 5.09. The minimum atomic E-state index is -3.28. The molecular weight excluding hydrogens is 298 g/mol. The maximum atomic E-state index is 11.7. The van der Waals surface area contributed by atoms with Gasteiger partial charge >= 0.3 is 0 Å². The van der Waals surface area contributed by atoms with Crippen LogP contribution in [0.5, 0.6) is 0 Å². The molecule has 5 heteroatoms. The number of carbonyl (C=O) groups excluding carboxylic acids is 1. The van der Waals surface area contributed by atoms with Crippen molar-refractivity contribution >= 4 is 26.5 Å². The van der Waals surface area contributed by atoms with Crippen LogP contribution in [0.3, 0.4) is 0 Å². The van der Waals surface area contributed by atoms with Crippen molar-refractivity contribution in [3.8, 4) is 0 Å². The Kier molecular flexibility index (Phi) is 5.19. The summed E-state index contributed by atoms with van der Waals surface area (Å²) in [7, 11) is -3.28. The fourth-order valence-electron chi connectivity index (χ4n) is 2.39. The van der Waals surface area contributed by atoms with Gasteiger partial charge < -0.3 is 5.32 Å². The van der Waals surface area contributed by atoms with Crippen LogP contribution in [0, 0.1) is 0 Å². The van der Waals surface area contributed by atoms with Gasteiger partial charge in [-0.1, -0.05) is 49.4 Å². The second kappa shape index (κ2) is 6.92. The lowest BCUT2D eigenvalue weighted by atomic mass is 10.0. The number of hydrogen-bond donors (Lipinski definition) is 1.